The van der Waals surface area contributed by atoms with Crippen molar-refractivity contribution in [1.82, 2.24) is 5.32 Å². The topological polar surface area (TPSA) is 77.9 Å². The molecule has 0 saturated heterocycles. The largest absolute Gasteiger partial charge is 0.352 e. The van der Waals surface area contributed by atoms with Gasteiger partial charge in [-0.05, 0) is 28.8 Å². The smallest absolute Gasteiger partial charge is 0.251 e. The first-order chi connectivity index (χ1) is 9.33. The average Bonchev–Trinajstić information content (AvgIpc) is 2.46. The lowest BCUT2D eigenvalue weighted by atomic mass is 10.0. The van der Waals surface area contributed by atoms with Crippen LogP contribution in [0.2, 0.25) is 0 Å². The van der Waals surface area contributed by atoms with Crippen LogP contribution < -0.4 is 5.32 Å². The van der Waals surface area contributed by atoms with Crippen LogP contribution in [-0.2, 0) is 0 Å². The average molecular weight is 254 g/mol. The molecule has 0 unspecified atom stereocenters. The van der Waals surface area contributed by atoms with Crippen LogP contribution >= 0.6 is 0 Å². The Morgan fingerprint density at radius 2 is 2.00 bits per heavy atom. The Bertz CT molecular complexity index is 627. The van der Waals surface area contributed by atoms with Crippen LogP contribution in [0, 0.1) is 0 Å². The zero-order valence-corrected chi connectivity index (χ0v) is 10.4. The van der Waals surface area contributed by atoms with Gasteiger partial charge in [-0.25, -0.2) is 0 Å². The van der Waals surface area contributed by atoms with Crippen LogP contribution in [0.25, 0.3) is 21.2 Å². The molecular weight excluding hydrogens is 240 g/mol. The molecule has 2 rings (SSSR count). The predicted octanol–water partition coefficient (Wildman–Crippen LogP) is 3.27. The van der Waals surface area contributed by atoms with Crippen molar-refractivity contribution in [2.75, 3.05) is 13.1 Å². The number of hydrogen-bond donors (Lipinski definition) is 1. The van der Waals surface area contributed by atoms with Crippen LogP contribution in [0.3, 0.4) is 0 Å². The van der Waals surface area contributed by atoms with Crippen LogP contribution in [0.1, 0.15) is 16.8 Å². The van der Waals surface area contributed by atoms with Crippen LogP contribution in [0.5, 0.6) is 0 Å². The summed E-state index contributed by atoms with van der Waals surface area (Å²) in [5.41, 5.74) is 8.81. The number of fused-ring (bicyclic) bond motifs is 1. The first-order valence-electron chi connectivity index (χ1n) is 6.10. The summed E-state index contributed by atoms with van der Waals surface area (Å²) in [7, 11) is 0. The SMILES string of the molecule is [N-]=[N+]=NCCCNC(=O)c1cccc2ccccc12. The van der Waals surface area contributed by atoms with Gasteiger partial charge in [0, 0.05) is 23.6 Å². The van der Waals surface area contributed by atoms with Gasteiger partial charge in [0.05, 0.1) is 0 Å². The van der Waals surface area contributed by atoms with E-state index in [2.05, 4.69) is 15.3 Å². The van der Waals surface area contributed by atoms with E-state index < -0.39 is 0 Å². The summed E-state index contributed by atoms with van der Waals surface area (Å²) >= 11 is 0. The van der Waals surface area contributed by atoms with Gasteiger partial charge in [-0.1, -0.05) is 41.5 Å². The summed E-state index contributed by atoms with van der Waals surface area (Å²) in [6, 6.07) is 13.4. The summed E-state index contributed by atoms with van der Waals surface area (Å²) in [4.78, 5) is 14.7. The number of carbonyl (C=O) groups excluding carboxylic acids is 1. The van der Waals surface area contributed by atoms with Crippen molar-refractivity contribution >= 4 is 16.7 Å². The maximum atomic E-state index is 12.1. The molecule has 96 valence electrons. The van der Waals surface area contributed by atoms with Crippen molar-refractivity contribution in [3.8, 4) is 0 Å². The molecule has 2 aromatic rings. The third kappa shape index (κ3) is 3.24. The number of benzene rings is 2. The van der Waals surface area contributed by atoms with E-state index in [1.807, 2.05) is 42.5 Å². The molecule has 0 fully saturated rings. The van der Waals surface area contributed by atoms with Crippen LogP contribution in [-0.4, -0.2) is 19.0 Å². The summed E-state index contributed by atoms with van der Waals surface area (Å²) in [5.74, 6) is -0.0993. The van der Waals surface area contributed by atoms with Gasteiger partial charge in [0.15, 0.2) is 0 Å². The Balaban J connectivity index is 2.07. The van der Waals surface area contributed by atoms with Crippen molar-refractivity contribution in [2.45, 2.75) is 6.42 Å². The molecular formula is C14H14N4O. The number of carbonyl (C=O) groups is 1. The second-order valence-electron chi connectivity index (χ2n) is 4.09. The molecule has 0 saturated carbocycles. The molecule has 0 atom stereocenters. The third-order valence-electron chi connectivity index (χ3n) is 2.82. The second kappa shape index (κ2) is 6.42. The molecule has 0 bridgehead atoms. The first kappa shape index (κ1) is 12.9. The summed E-state index contributed by atoms with van der Waals surface area (Å²) in [6.45, 7) is 0.896. The molecule has 1 amide bonds. The Kier molecular flexibility index (Phi) is 4.37. The first-order valence-corrected chi connectivity index (χ1v) is 6.10. The van der Waals surface area contributed by atoms with Crippen molar-refractivity contribution < 1.29 is 4.79 Å². The fourth-order valence-electron chi connectivity index (χ4n) is 1.92. The van der Waals surface area contributed by atoms with E-state index >= 15 is 0 Å². The minimum absolute atomic E-state index is 0.0993. The van der Waals surface area contributed by atoms with Crippen molar-refractivity contribution in [3.63, 3.8) is 0 Å². The minimum Gasteiger partial charge on any atom is -0.352 e. The van der Waals surface area contributed by atoms with Gasteiger partial charge in [-0.3, -0.25) is 4.79 Å². The predicted molar refractivity (Wildman–Crippen MR) is 74.9 cm³/mol. The minimum atomic E-state index is -0.0993. The molecule has 19 heavy (non-hydrogen) atoms. The number of amides is 1. The van der Waals surface area contributed by atoms with E-state index in [0.717, 1.165) is 10.8 Å². The molecule has 0 aliphatic rings. The van der Waals surface area contributed by atoms with Crippen molar-refractivity contribution in [1.29, 1.82) is 0 Å². The number of nitrogens with zero attached hydrogens (tertiary/aromatic N) is 3. The van der Waals surface area contributed by atoms with Crippen LogP contribution in [0.4, 0.5) is 0 Å². The highest BCUT2D eigenvalue weighted by molar-refractivity contribution is 6.06. The van der Waals surface area contributed by atoms with Gasteiger partial charge < -0.3 is 5.32 Å². The monoisotopic (exact) mass is 254 g/mol. The number of hydrogen-bond acceptors (Lipinski definition) is 2. The van der Waals surface area contributed by atoms with Gasteiger partial charge in [0.2, 0.25) is 0 Å². The molecule has 0 aliphatic carbocycles. The summed E-state index contributed by atoms with van der Waals surface area (Å²) in [6.07, 6.45) is 0.639. The second-order valence-corrected chi connectivity index (χ2v) is 4.09. The van der Waals surface area contributed by atoms with E-state index in [-0.39, 0.29) is 5.91 Å². The normalized spacial score (nSPS) is 9.89. The zero-order chi connectivity index (χ0) is 13.5. The van der Waals surface area contributed by atoms with Gasteiger partial charge >= 0.3 is 0 Å². The molecule has 2 aromatic carbocycles. The Morgan fingerprint density at radius 3 is 2.84 bits per heavy atom. The lowest BCUT2D eigenvalue weighted by molar-refractivity contribution is 0.0955. The molecule has 0 aromatic heterocycles. The zero-order valence-electron chi connectivity index (χ0n) is 10.4. The maximum Gasteiger partial charge on any atom is 0.251 e. The quantitative estimate of drug-likeness (QED) is 0.378. The van der Waals surface area contributed by atoms with E-state index in [1.54, 1.807) is 0 Å². The Hall–Kier alpha value is -2.52. The number of azide groups is 1. The van der Waals surface area contributed by atoms with Crippen LogP contribution in [0.15, 0.2) is 47.6 Å². The Morgan fingerprint density at radius 1 is 1.21 bits per heavy atom. The van der Waals surface area contributed by atoms with E-state index in [1.165, 1.54) is 0 Å². The fourth-order valence-corrected chi connectivity index (χ4v) is 1.92. The van der Waals surface area contributed by atoms with E-state index in [0.29, 0.717) is 25.1 Å². The van der Waals surface area contributed by atoms with E-state index in [9.17, 15) is 4.79 Å². The van der Waals surface area contributed by atoms with Gasteiger partial charge in [-0.2, -0.15) is 0 Å². The molecule has 5 nitrogen and oxygen atoms in total. The van der Waals surface area contributed by atoms with Crippen molar-refractivity contribution in [3.05, 3.63) is 58.5 Å². The molecule has 0 radical (unpaired) electrons. The fraction of sp³-hybridized carbons (Fsp3) is 0.214. The highest BCUT2D eigenvalue weighted by atomic mass is 16.1. The molecule has 0 heterocycles. The highest BCUT2D eigenvalue weighted by Crippen LogP contribution is 2.18. The lowest BCUT2D eigenvalue weighted by Gasteiger charge is -2.07. The van der Waals surface area contributed by atoms with Gasteiger partial charge in [0.25, 0.3) is 5.91 Å². The van der Waals surface area contributed by atoms with E-state index in [4.69, 9.17) is 5.53 Å². The van der Waals surface area contributed by atoms with Crippen molar-refractivity contribution in [2.24, 2.45) is 5.11 Å². The standard InChI is InChI=1S/C14H14N4O/c15-18-17-10-4-9-16-14(19)13-8-3-6-11-5-1-2-7-12(11)13/h1-3,5-8H,4,9-10H2,(H,16,19). The van der Waals surface area contributed by atoms with Gasteiger partial charge in [-0.15, -0.1) is 0 Å². The van der Waals surface area contributed by atoms with Gasteiger partial charge in [0.1, 0.15) is 0 Å². The molecule has 0 aliphatic heterocycles. The number of rotatable bonds is 5. The maximum absolute atomic E-state index is 12.1. The molecule has 5 heteroatoms. The number of nitrogens with one attached hydrogen (secondary N) is 1. The molecule has 1 N–H and O–H groups in total. The summed E-state index contributed by atoms with van der Waals surface area (Å²) < 4.78 is 0. The highest BCUT2D eigenvalue weighted by Gasteiger charge is 2.08. The lowest BCUT2D eigenvalue weighted by Crippen LogP contribution is -2.25. The third-order valence-corrected chi connectivity index (χ3v) is 2.82. The molecule has 0 spiro atoms. The summed E-state index contributed by atoms with van der Waals surface area (Å²) in [5, 5.41) is 8.24. The Labute approximate surface area is 110 Å².